The van der Waals surface area contributed by atoms with Crippen molar-refractivity contribution < 1.29 is 0 Å². The minimum absolute atomic E-state index is 0. The number of nitrogens with one attached hydrogen (secondary N) is 2. The van der Waals surface area contributed by atoms with E-state index in [1.807, 2.05) is 13.2 Å². The predicted octanol–water partition coefficient (Wildman–Crippen LogP) is 3.16. The highest BCUT2D eigenvalue weighted by molar-refractivity contribution is 14.0. The van der Waals surface area contributed by atoms with Crippen LogP contribution < -0.4 is 10.6 Å². The molecule has 0 atom stereocenters. The van der Waals surface area contributed by atoms with E-state index in [2.05, 4.69) is 43.2 Å². The number of aryl methyl sites for hydroxylation is 2. The van der Waals surface area contributed by atoms with Gasteiger partial charge in [-0.15, -0.1) is 24.0 Å². The van der Waals surface area contributed by atoms with Crippen molar-refractivity contribution in [2.75, 3.05) is 26.7 Å². The minimum atomic E-state index is 0. The third-order valence-electron chi connectivity index (χ3n) is 5.98. The van der Waals surface area contributed by atoms with Crippen molar-refractivity contribution in [3.63, 3.8) is 0 Å². The molecule has 0 radical (unpaired) electrons. The van der Waals surface area contributed by atoms with Crippen molar-refractivity contribution in [2.45, 2.75) is 76.9 Å². The number of piperidine rings is 1. The topological polar surface area (TPSA) is 57.5 Å². The molecule has 2 aliphatic rings. The van der Waals surface area contributed by atoms with E-state index in [1.165, 1.54) is 51.6 Å². The molecule has 0 amide bonds. The van der Waals surface area contributed by atoms with Gasteiger partial charge in [0, 0.05) is 57.7 Å². The van der Waals surface area contributed by atoms with Gasteiger partial charge in [0.05, 0.1) is 0 Å². The van der Waals surface area contributed by atoms with E-state index in [-0.39, 0.29) is 24.0 Å². The second-order valence-corrected chi connectivity index (χ2v) is 7.77. The van der Waals surface area contributed by atoms with Gasteiger partial charge in [-0.2, -0.15) is 0 Å². The Bertz CT molecular complexity index is 559. The molecule has 1 saturated heterocycles. The quantitative estimate of drug-likeness (QED) is 0.268. The third kappa shape index (κ3) is 6.93. The average molecular weight is 488 g/mol. The second-order valence-electron chi connectivity index (χ2n) is 7.77. The summed E-state index contributed by atoms with van der Waals surface area (Å²) in [4.78, 5) is 11.4. The molecule has 0 aromatic carbocycles. The number of aromatic nitrogens is 2. The molecule has 0 spiro atoms. The van der Waals surface area contributed by atoms with Gasteiger partial charge in [-0.25, -0.2) is 4.98 Å². The molecule has 0 unspecified atom stereocenters. The van der Waals surface area contributed by atoms with Crippen LogP contribution in [-0.4, -0.2) is 59.2 Å². The molecule has 7 heteroatoms. The molecule has 1 saturated carbocycles. The lowest BCUT2D eigenvalue weighted by Gasteiger charge is -2.36. The summed E-state index contributed by atoms with van der Waals surface area (Å²) in [5.74, 6) is 2.06. The molecule has 1 aliphatic carbocycles. The Hall–Kier alpha value is -0.830. The van der Waals surface area contributed by atoms with Crippen LogP contribution in [-0.2, 0) is 6.54 Å². The van der Waals surface area contributed by atoms with E-state index < -0.39 is 0 Å². The third-order valence-corrected chi connectivity index (χ3v) is 5.98. The summed E-state index contributed by atoms with van der Waals surface area (Å²) in [7, 11) is 1.87. The summed E-state index contributed by atoms with van der Waals surface area (Å²) < 4.78 is 2.21. The number of nitrogens with zero attached hydrogens (tertiary/aromatic N) is 4. The van der Waals surface area contributed by atoms with Crippen LogP contribution >= 0.6 is 24.0 Å². The fourth-order valence-electron chi connectivity index (χ4n) is 4.32. The molecule has 1 aromatic heterocycles. The summed E-state index contributed by atoms with van der Waals surface area (Å²) >= 11 is 0. The van der Waals surface area contributed by atoms with E-state index in [9.17, 15) is 0 Å². The van der Waals surface area contributed by atoms with Gasteiger partial charge in [0.2, 0.25) is 0 Å². The number of hydrogen-bond acceptors (Lipinski definition) is 3. The van der Waals surface area contributed by atoms with E-state index in [0.29, 0.717) is 6.04 Å². The van der Waals surface area contributed by atoms with Gasteiger partial charge in [-0.1, -0.05) is 12.8 Å². The largest absolute Gasteiger partial charge is 0.356 e. The van der Waals surface area contributed by atoms with Crippen molar-refractivity contribution in [3.05, 3.63) is 18.2 Å². The number of guanidine groups is 1. The molecular formula is C20H37IN6. The molecular weight excluding hydrogens is 451 g/mol. The first-order valence-corrected chi connectivity index (χ1v) is 10.4. The SMILES string of the molecule is CN=C(NCCCCn1ccnc1C)NC1CCN(C2CCCC2)CC1.I. The maximum atomic E-state index is 4.41. The lowest BCUT2D eigenvalue weighted by atomic mass is 10.0. The molecule has 27 heavy (non-hydrogen) atoms. The molecule has 6 nitrogen and oxygen atoms in total. The van der Waals surface area contributed by atoms with Crippen LogP contribution in [0.4, 0.5) is 0 Å². The zero-order chi connectivity index (χ0) is 18.2. The molecule has 3 rings (SSSR count). The minimum Gasteiger partial charge on any atom is -0.356 e. The Morgan fingerprint density at radius 1 is 1.19 bits per heavy atom. The van der Waals surface area contributed by atoms with Gasteiger partial charge in [0.15, 0.2) is 5.96 Å². The van der Waals surface area contributed by atoms with Crippen molar-refractivity contribution in [3.8, 4) is 0 Å². The highest BCUT2D eigenvalue weighted by atomic mass is 127. The standard InChI is InChI=1S/C20H36N6.HI/c1-17-22-12-16-25(17)13-6-5-11-23-20(21-2)24-18-9-14-26(15-10-18)19-7-3-4-8-19;/h12,16,18-19H,3-11,13-15H2,1-2H3,(H2,21,23,24);1H. The summed E-state index contributed by atoms with van der Waals surface area (Å²) in [6.07, 6.45) is 14.4. The van der Waals surface area contributed by atoms with Crippen LogP contribution in [0.25, 0.3) is 0 Å². The second kappa shape index (κ2) is 11.9. The molecule has 2 N–H and O–H groups in total. The van der Waals surface area contributed by atoms with Crippen molar-refractivity contribution in [1.82, 2.24) is 25.1 Å². The van der Waals surface area contributed by atoms with Gasteiger partial charge in [-0.05, 0) is 45.4 Å². The Labute approximate surface area is 181 Å². The fourth-order valence-corrected chi connectivity index (χ4v) is 4.32. The van der Waals surface area contributed by atoms with E-state index in [0.717, 1.165) is 43.8 Å². The number of likely N-dealkylation sites (tertiary alicyclic amines) is 1. The van der Waals surface area contributed by atoms with E-state index >= 15 is 0 Å². The van der Waals surface area contributed by atoms with Gasteiger partial charge in [0.25, 0.3) is 0 Å². The van der Waals surface area contributed by atoms with Crippen molar-refractivity contribution >= 4 is 29.9 Å². The number of imidazole rings is 1. The summed E-state index contributed by atoms with van der Waals surface area (Å²) in [6.45, 7) is 6.54. The number of aliphatic imine (C=N–C) groups is 1. The molecule has 0 bridgehead atoms. The molecule has 2 heterocycles. The highest BCUT2D eigenvalue weighted by Gasteiger charge is 2.27. The van der Waals surface area contributed by atoms with Crippen LogP contribution in [0.3, 0.4) is 0 Å². The number of rotatable bonds is 7. The lowest BCUT2D eigenvalue weighted by Crippen LogP contribution is -2.50. The first kappa shape index (κ1) is 22.5. The maximum absolute atomic E-state index is 4.41. The molecule has 2 fully saturated rings. The van der Waals surface area contributed by atoms with Crippen molar-refractivity contribution in [1.29, 1.82) is 0 Å². The predicted molar refractivity (Wildman–Crippen MR) is 123 cm³/mol. The van der Waals surface area contributed by atoms with Gasteiger partial charge < -0.3 is 20.1 Å². The smallest absolute Gasteiger partial charge is 0.191 e. The van der Waals surface area contributed by atoms with Crippen LogP contribution in [0.15, 0.2) is 17.4 Å². The Morgan fingerprint density at radius 3 is 2.56 bits per heavy atom. The van der Waals surface area contributed by atoms with E-state index in [1.54, 1.807) is 0 Å². The zero-order valence-corrected chi connectivity index (χ0v) is 19.3. The van der Waals surface area contributed by atoms with Gasteiger partial charge in [0.1, 0.15) is 5.82 Å². The van der Waals surface area contributed by atoms with Crippen LogP contribution in [0.5, 0.6) is 0 Å². The highest BCUT2D eigenvalue weighted by Crippen LogP contribution is 2.26. The first-order chi connectivity index (χ1) is 12.8. The summed E-state index contributed by atoms with van der Waals surface area (Å²) in [5.41, 5.74) is 0. The number of unbranched alkanes of at least 4 members (excludes halogenated alkanes) is 1. The van der Waals surface area contributed by atoms with Gasteiger partial charge in [-0.3, -0.25) is 4.99 Å². The first-order valence-electron chi connectivity index (χ1n) is 10.4. The number of hydrogen-bond donors (Lipinski definition) is 2. The number of halogens is 1. The van der Waals surface area contributed by atoms with Crippen molar-refractivity contribution in [2.24, 2.45) is 4.99 Å². The molecule has 1 aromatic rings. The van der Waals surface area contributed by atoms with Crippen LogP contribution in [0, 0.1) is 6.92 Å². The Morgan fingerprint density at radius 2 is 1.93 bits per heavy atom. The van der Waals surface area contributed by atoms with Crippen LogP contribution in [0.2, 0.25) is 0 Å². The Balaban J connectivity index is 0.00000261. The lowest BCUT2D eigenvalue weighted by molar-refractivity contribution is 0.150. The van der Waals surface area contributed by atoms with Crippen LogP contribution in [0.1, 0.15) is 57.2 Å². The maximum Gasteiger partial charge on any atom is 0.191 e. The van der Waals surface area contributed by atoms with E-state index in [4.69, 9.17) is 0 Å². The molecule has 1 aliphatic heterocycles. The average Bonchev–Trinajstić information content (AvgIpc) is 3.33. The summed E-state index contributed by atoms with van der Waals surface area (Å²) in [5, 5.41) is 7.11. The Kier molecular flexibility index (Phi) is 9.89. The normalized spacial score (nSPS) is 19.9. The monoisotopic (exact) mass is 488 g/mol. The summed E-state index contributed by atoms with van der Waals surface area (Å²) in [6, 6.07) is 1.43. The van der Waals surface area contributed by atoms with Gasteiger partial charge >= 0.3 is 0 Å². The molecule has 154 valence electrons. The fraction of sp³-hybridized carbons (Fsp3) is 0.800. The zero-order valence-electron chi connectivity index (χ0n) is 17.0.